The highest BCUT2D eigenvalue weighted by Crippen LogP contribution is 2.25. The Hall–Kier alpha value is -1.26. The van der Waals surface area contributed by atoms with E-state index in [0.29, 0.717) is 22.2 Å². The molecule has 98 valence electrons. The van der Waals surface area contributed by atoms with Gasteiger partial charge in [-0.2, -0.15) is 0 Å². The Balaban J connectivity index is 2.83. The summed E-state index contributed by atoms with van der Waals surface area (Å²) in [6.07, 6.45) is -0.000370. The summed E-state index contributed by atoms with van der Waals surface area (Å²) in [5.41, 5.74) is 0.523. The van der Waals surface area contributed by atoms with E-state index in [9.17, 15) is 9.59 Å². The minimum Gasteiger partial charge on any atom is -0.480 e. The molecule has 1 rings (SSSR count). The number of carboxylic acid groups (broad SMARTS) is 1. The maximum absolute atomic E-state index is 11.9. The molecule has 0 fully saturated rings. The van der Waals surface area contributed by atoms with Crippen LogP contribution in [0.4, 0.5) is 0 Å². The van der Waals surface area contributed by atoms with Crippen LogP contribution in [0.15, 0.2) is 18.2 Å². The second kappa shape index (κ2) is 6.61. The van der Waals surface area contributed by atoms with Gasteiger partial charge in [0.1, 0.15) is 6.54 Å². The Morgan fingerprint density at radius 3 is 2.28 bits per heavy atom. The van der Waals surface area contributed by atoms with Gasteiger partial charge in [0.2, 0.25) is 5.91 Å². The number of carbonyl (C=O) groups excluding carboxylic acids is 1. The van der Waals surface area contributed by atoms with Crippen LogP contribution in [0.5, 0.6) is 0 Å². The molecule has 1 N–H and O–H groups in total. The predicted molar refractivity (Wildman–Crippen MR) is 70.1 cm³/mol. The van der Waals surface area contributed by atoms with Crippen molar-refractivity contribution in [3.8, 4) is 0 Å². The topological polar surface area (TPSA) is 57.6 Å². The molecule has 0 atom stereocenters. The van der Waals surface area contributed by atoms with Crippen LogP contribution in [0.2, 0.25) is 10.0 Å². The lowest BCUT2D eigenvalue weighted by Crippen LogP contribution is -2.36. The fourth-order valence-electron chi connectivity index (χ4n) is 1.50. The number of hydrogen-bond acceptors (Lipinski definition) is 2. The van der Waals surface area contributed by atoms with Gasteiger partial charge in [-0.25, -0.2) is 0 Å². The van der Waals surface area contributed by atoms with E-state index in [-0.39, 0.29) is 18.9 Å². The summed E-state index contributed by atoms with van der Waals surface area (Å²) in [5, 5.41) is 9.50. The van der Waals surface area contributed by atoms with Crippen LogP contribution in [0.3, 0.4) is 0 Å². The summed E-state index contributed by atoms with van der Waals surface area (Å²) in [6, 6.07) is 4.97. The van der Waals surface area contributed by atoms with Crippen LogP contribution in [-0.2, 0) is 16.0 Å². The van der Waals surface area contributed by atoms with Crippen molar-refractivity contribution in [3.05, 3.63) is 33.8 Å². The lowest BCUT2D eigenvalue weighted by Gasteiger charge is -2.19. The van der Waals surface area contributed by atoms with E-state index in [1.165, 1.54) is 4.90 Å². The van der Waals surface area contributed by atoms with E-state index in [0.717, 1.165) is 0 Å². The van der Waals surface area contributed by atoms with Crippen molar-refractivity contribution in [2.75, 3.05) is 13.1 Å². The fourth-order valence-corrected chi connectivity index (χ4v) is 2.03. The molecule has 0 aliphatic carbocycles. The molecule has 0 aliphatic rings. The molecule has 0 radical (unpaired) electrons. The van der Waals surface area contributed by atoms with Crippen LogP contribution in [-0.4, -0.2) is 35.0 Å². The van der Waals surface area contributed by atoms with Crippen molar-refractivity contribution in [1.29, 1.82) is 0 Å². The highest BCUT2D eigenvalue weighted by atomic mass is 35.5. The minimum absolute atomic E-state index is 0.000370. The molecule has 0 saturated carbocycles. The van der Waals surface area contributed by atoms with Gasteiger partial charge in [0.05, 0.1) is 6.42 Å². The minimum atomic E-state index is -1.05. The number of amides is 1. The van der Waals surface area contributed by atoms with Gasteiger partial charge in [-0.1, -0.05) is 29.3 Å². The molecule has 0 bridgehead atoms. The third kappa shape index (κ3) is 3.89. The molecule has 0 saturated heterocycles. The summed E-state index contributed by atoms with van der Waals surface area (Å²) in [7, 11) is 0. The number of nitrogens with zero attached hydrogens (tertiary/aromatic N) is 1. The third-order valence-electron chi connectivity index (χ3n) is 2.45. The summed E-state index contributed by atoms with van der Waals surface area (Å²) < 4.78 is 0. The first-order valence-corrected chi connectivity index (χ1v) is 6.13. The number of likely N-dealkylation sites (N-methyl/N-ethyl adjacent to an activating group) is 1. The molecular formula is C12H13Cl2NO3. The zero-order valence-electron chi connectivity index (χ0n) is 9.82. The maximum Gasteiger partial charge on any atom is 0.323 e. The summed E-state index contributed by atoms with van der Waals surface area (Å²) in [4.78, 5) is 23.8. The first kappa shape index (κ1) is 14.8. The molecule has 1 aromatic carbocycles. The highest BCUT2D eigenvalue weighted by molar-refractivity contribution is 6.36. The lowest BCUT2D eigenvalue weighted by molar-refractivity contribution is -0.144. The highest BCUT2D eigenvalue weighted by Gasteiger charge is 2.17. The Kier molecular flexibility index (Phi) is 5.44. The Morgan fingerprint density at radius 1 is 1.28 bits per heavy atom. The maximum atomic E-state index is 11.9. The second-order valence-electron chi connectivity index (χ2n) is 3.68. The van der Waals surface area contributed by atoms with E-state index >= 15 is 0 Å². The number of carboxylic acids is 1. The molecule has 1 aromatic rings. The normalized spacial score (nSPS) is 10.2. The van der Waals surface area contributed by atoms with Crippen LogP contribution in [0, 0.1) is 0 Å². The van der Waals surface area contributed by atoms with E-state index in [4.69, 9.17) is 28.3 Å². The van der Waals surface area contributed by atoms with Crippen LogP contribution in [0.1, 0.15) is 12.5 Å². The Bertz CT molecular complexity index is 442. The van der Waals surface area contributed by atoms with Crippen molar-refractivity contribution in [2.45, 2.75) is 13.3 Å². The zero-order chi connectivity index (χ0) is 13.7. The average Bonchev–Trinajstić information content (AvgIpc) is 2.30. The van der Waals surface area contributed by atoms with Gasteiger partial charge in [0.15, 0.2) is 0 Å². The number of halogens is 2. The van der Waals surface area contributed by atoms with Crippen molar-refractivity contribution < 1.29 is 14.7 Å². The van der Waals surface area contributed by atoms with E-state index in [1.807, 2.05) is 0 Å². The largest absolute Gasteiger partial charge is 0.480 e. The number of aliphatic carboxylic acids is 1. The molecule has 0 aliphatic heterocycles. The Labute approximate surface area is 115 Å². The standard InChI is InChI=1S/C12H13Cl2NO3/c1-2-15(7-12(17)18)11(16)6-8-9(13)4-3-5-10(8)14/h3-5H,2,6-7H2,1H3,(H,17,18). The summed E-state index contributed by atoms with van der Waals surface area (Å²) in [6.45, 7) is 1.72. The van der Waals surface area contributed by atoms with E-state index in [2.05, 4.69) is 0 Å². The summed E-state index contributed by atoms with van der Waals surface area (Å²) in [5.74, 6) is -1.36. The molecule has 18 heavy (non-hydrogen) atoms. The zero-order valence-corrected chi connectivity index (χ0v) is 11.3. The molecule has 0 unspecified atom stereocenters. The molecule has 6 heteroatoms. The van der Waals surface area contributed by atoms with E-state index in [1.54, 1.807) is 25.1 Å². The number of hydrogen-bond donors (Lipinski definition) is 1. The van der Waals surface area contributed by atoms with E-state index < -0.39 is 5.97 Å². The number of rotatable bonds is 5. The SMILES string of the molecule is CCN(CC(=O)O)C(=O)Cc1c(Cl)cccc1Cl. The summed E-state index contributed by atoms with van der Waals surface area (Å²) >= 11 is 11.9. The number of carbonyl (C=O) groups is 2. The third-order valence-corrected chi connectivity index (χ3v) is 3.16. The fraction of sp³-hybridized carbons (Fsp3) is 0.333. The lowest BCUT2D eigenvalue weighted by atomic mass is 10.1. The molecule has 0 aromatic heterocycles. The first-order chi connectivity index (χ1) is 8.45. The van der Waals surface area contributed by atoms with Crippen LogP contribution in [0.25, 0.3) is 0 Å². The molecular weight excluding hydrogens is 277 g/mol. The second-order valence-corrected chi connectivity index (χ2v) is 4.49. The van der Waals surface area contributed by atoms with Gasteiger partial charge in [0.25, 0.3) is 0 Å². The van der Waals surface area contributed by atoms with Crippen LogP contribution < -0.4 is 0 Å². The monoisotopic (exact) mass is 289 g/mol. The molecule has 0 spiro atoms. The van der Waals surface area contributed by atoms with Gasteiger partial charge in [-0.15, -0.1) is 0 Å². The smallest absolute Gasteiger partial charge is 0.323 e. The van der Waals surface area contributed by atoms with Gasteiger partial charge < -0.3 is 10.0 Å². The van der Waals surface area contributed by atoms with Crippen molar-refractivity contribution in [2.24, 2.45) is 0 Å². The van der Waals surface area contributed by atoms with Crippen molar-refractivity contribution in [3.63, 3.8) is 0 Å². The van der Waals surface area contributed by atoms with Crippen molar-refractivity contribution >= 4 is 35.1 Å². The Morgan fingerprint density at radius 2 is 1.83 bits per heavy atom. The van der Waals surface area contributed by atoms with Crippen LogP contribution >= 0.6 is 23.2 Å². The molecule has 4 nitrogen and oxygen atoms in total. The molecule has 0 heterocycles. The predicted octanol–water partition coefficient (Wildman–Crippen LogP) is 2.47. The molecule has 1 amide bonds. The quantitative estimate of drug-likeness (QED) is 0.906. The van der Waals surface area contributed by atoms with Gasteiger partial charge >= 0.3 is 5.97 Å². The van der Waals surface area contributed by atoms with Crippen molar-refractivity contribution in [1.82, 2.24) is 4.90 Å². The van der Waals surface area contributed by atoms with Gasteiger partial charge in [0, 0.05) is 16.6 Å². The van der Waals surface area contributed by atoms with Gasteiger partial charge in [-0.05, 0) is 24.6 Å². The first-order valence-electron chi connectivity index (χ1n) is 5.38. The van der Waals surface area contributed by atoms with Gasteiger partial charge in [-0.3, -0.25) is 9.59 Å². The number of benzene rings is 1. The average molecular weight is 290 g/mol.